The Hall–Kier alpha value is -3.10. The minimum atomic E-state index is -0.555. The molecule has 2 amide bonds. The summed E-state index contributed by atoms with van der Waals surface area (Å²) in [5, 5.41) is 13.0. The summed E-state index contributed by atoms with van der Waals surface area (Å²) in [4.78, 5) is 23.3. The summed E-state index contributed by atoms with van der Waals surface area (Å²) >= 11 is 0. The molecule has 134 valence electrons. The lowest BCUT2D eigenvalue weighted by atomic mass is 10.1. The van der Waals surface area contributed by atoms with Gasteiger partial charge in [-0.2, -0.15) is 0 Å². The van der Waals surface area contributed by atoms with E-state index < -0.39 is 5.97 Å². The van der Waals surface area contributed by atoms with Gasteiger partial charge in [-0.3, -0.25) is 0 Å². The van der Waals surface area contributed by atoms with E-state index in [1.165, 1.54) is 18.0 Å². The van der Waals surface area contributed by atoms with Crippen molar-refractivity contribution in [3.05, 3.63) is 35.2 Å². The smallest absolute Gasteiger partial charge is 0.360 e. The van der Waals surface area contributed by atoms with Crippen molar-refractivity contribution < 1.29 is 19.1 Å². The molecule has 2 N–H and O–H groups in total. The van der Waals surface area contributed by atoms with Gasteiger partial charge < -0.3 is 20.1 Å². The normalized spacial score (nSPS) is 10.2. The first kappa shape index (κ1) is 18.2. The highest BCUT2D eigenvalue weighted by Gasteiger charge is 2.11. The summed E-state index contributed by atoms with van der Waals surface area (Å²) in [6.45, 7) is 4.48. The van der Waals surface area contributed by atoms with Crippen molar-refractivity contribution in [2.45, 2.75) is 20.4 Å². The van der Waals surface area contributed by atoms with Gasteiger partial charge in [-0.15, -0.1) is 5.10 Å². The number of ether oxygens (including phenoxy) is 2. The van der Waals surface area contributed by atoms with Crippen LogP contribution in [0.1, 0.15) is 21.6 Å². The molecule has 1 aromatic carbocycles. The maximum atomic E-state index is 12.0. The lowest BCUT2D eigenvalue weighted by Gasteiger charge is -2.13. The second-order valence-electron chi connectivity index (χ2n) is 5.38. The average molecular weight is 347 g/mol. The zero-order valence-electron chi connectivity index (χ0n) is 14.6. The van der Waals surface area contributed by atoms with E-state index in [1.54, 1.807) is 7.11 Å². The van der Waals surface area contributed by atoms with Gasteiger partial charge in [0.25, 0.3) is 0 Å². The van der Waals surface area contributed by atoms with Gasteiger partial charge in [-0.1, -0.05) is 5.21 Å². The molecule has 0 aliphatic rings. The lowest BCUT2D eigenvalue weighted by molar-refractivity contribution is 0.0594. The maximum Gasteiger partial charge on any atom is 0.360 e. The first-order chi connectivity index (χ1) is 11.9. The van der Waals surface area contributed by atoms with Gasteiger partial charge >= 0.3 is 12.0 Å². The summed E-state index contributed by atoms with van der Waals surface area (Å²) in [5.74, 6) is 0.161. The molecular weight excluding hydrogens is 326 g/mol. The molecule has 0 saturated heterocycles. The van der Waals surface area contributed by atoms with Crippen LogP contribution in [0.15, 0.2) is 18.3 Å². The van der Waals surface area contributed by atoms with Crippen LogP contribution in [0.5, 0.6) is 5.75 Å². The van der Waals surface area contributed by atoms with Crippen molar-refractivity contribution >= 4 is 17.7 Å². The van der Waals surface area contributed by atoms with E-state index in [1.807, 2.05) is 26.0 Å². The Kier molecular flexibility index (Phi) is 5.93. The Morgan fingerprint density at radius 2 is 2.00 bits per heavy atom. The van der Waals surface area contributed by atoms with Crippen molar-refractivity contribution in [1.82, 2.24) is 20.3 Å². The van der Waals surface area contributed by atoms with Crippen LogP contribution in [0.4, 0.5) is 10.5 Å². The molecular formula is C16H21N5O4. The van der Waals surface area contributed by atoms with E-state index >= 15 is 0 Å². The Bertz CT molecular complexity index is 772. The fourth-order valence-corrected chi connectivity index (χ4v) is 2.22. The highest BCUT2D eigenvalue weighted by molar-refractivity contribution is 5.90. The van der Waals surface area contributed by atoms with Gasteiger partial charge in [0.2, 0.25) is 0 Å². The molecule has 0 saturated carbocycles. The number of anilines is 1. The zero-order chi connectivity index (χ0) is 18.4. The number of aromatic nitrogens is 3. The van der Waals surface area contributed by atoms with Crippen molar-refractivity contribution in [3.8, 4) is 5.75 Å². The molecule has 25 heavy (non-hydrogen) atoms. The van der Waals surface area contributed by atoms with Gasteiger partial charge in [-0.25, -0.2) is 14.3 Å². The summed E-state index contributed by atoms with van der Waals surface area (Å²) < 4.78 is 11.3. The van der Waals surface area contributed by atoms with Crippen molar-refractivity contribution in [2.24, 2.45) is 0 Å². The molecule has 1 heterocycles. The number of methoxy groups -OCH3 is 2. The first-order valence-corrected chi connectivity index (χ1v) is 7.63. The highest BCUT2D eigenvalue weighted by Crippen LogP contribution is 2.27. The number of benzene rings is 1. The molecule has 0 radical (unpaired) electrons. The van der Waals surface area contributed by atoms with Crippen molar-refractivity contribution in [1.29, 1.82) is 0 Å². The number of aryl methyl sites for hydroxylation is 1. The SMILES string of the molecule is COC(=O)c1cn(CCNC(=O)Nc2cc(C)cc(OC)c2C)nn1. The number of nitrogens with one attached hydrogen (secondary N) is 2. The summed E-state index contributed by atoms with van der Waals surface area (Å²) in [6.07, 6.45) is 1.46. The quantitative estimate of drug-likeness (QED) is 0.767. The van der Waals surface area contributed by atoms with Crippen LogP contribution < -0.4 is 15.4 Å². The minimum absolute atomic E-state index is 0.120. The van der Waals surface area contributed by atoms with E-state index in [9.17, 15) is 9.59 Å². The Morgan fingerprint density at radius 3 is 2.68 bits per heavy atom. The number of esters is 1. The van der Waals surface area contributed by atoms with E-state index in [0.717, 1.165) is 11.1 Å². The lowest BCUT2D eigenvalue weighted by Crippen LogP contribution is -2.31. The maximum absolute atomic E-state index is 12.0. The molecule has 9 nitrogen and oxygen atoms in total. The molecule has 0 bridgehead atoms. The number of carbonyl (C=O) groups excluding carboxylic acids is 2. The van der Waals surface area contributed by atoms with E-state index in [-0.39, 0.29) is 11.7 Å². The molecule has 0 fully saturated rings. The van der Waals surface area contributed by atoms with E-state index in [2.05, 4.69) is 25.7 Å². The van der Waals surface area contributed by atoms with Crippen molar-refractivity contribution in [2.75, 3.05) is 26.1 Å². The number of urea groups is 1. The predicted molar refractivity (Wildman–Crippen MR) is 90.9 cm³/mol. The fourth-order valence-electron chi connectivity index (χ4n) is 2.22. The van der Waals surface area contributed by atoms with Gasteiger partial charge in [-0.05, 0) is 31.5 Å². The topological polar surface area (TPSA) is 107 Å². The third kappa shape index (κ3) is 4.69. The number of amides is 2. The van der Waals surface area contributed by atoms with Crippen LogP contribution in [0.3, 0.4) is 0 Å². The van der Waals surface area contributed by atoms with Crippen LogP contribution in [-0.2, 0) is 11.3 Å². The largest absolute Gasteiger partial charge is 0.496 e. The number of hydrogen-bond donors (Lipinski definition) is 2. The van der Waals surface area contributed by atoms with E-state index in [0.29, 0.717) is 24.5 Å². The molecule has 1 aromatic heterocycles. The molecule has 2 aromatic rings. The number of carbonyl (C=O) groups is 2. The fraction of sp³-hybridized carbons (Fsp3) is 0.375. The van der Waals surface area contributed by atoms with Crippen LogP contribution in [0.25, 0.3) is 0 Å². The molecule has 9 heteroatoms. The standard InChI is InChI=1S/C16H21N5O4/c1-10-7-12(11(2)14(8-10)24-3)18-16(23)17-5-6-21-9-13(19-20-21)15(22)25-4/h7-9H,5-6H2,1-4H3,(H2,17,18,23). The highest BCUT2D eigenvalue weighted by atomic mass is 16.5. The monoisotopic (exact) mass is 347 g/mol. The molecule has 0 aliphatic carbocycles. The Morgan fingerprint density at radius 1 is 1.24 bits per heavy atom. The summed E-state index contributed by atoms with van der Waals surface area (Å²) in [5.41, 5.74) is 2.63. The third-order valence-corrected chi connectivity index (χ3v) is 3.53. The van der Waals surface area contributed by atoms with Crippen LogP contribution in [-0.4, -0.2) is 47.8 Å². The summed E-state index contributed by atoms with van der Waals surface area (Å²) in [7, 11) is 2.86. The summed E-state index contributed by atoms with van der Waals surface area (Å²) in [6, 6.07) is 3.43. The van der Waals surface area contributed by atoms with Crippen LogP contribution >= 0.6 is 0 Å². The molecule has 2 rings (SSSR count). The Labute approximate surface area is 145 Å². The van der Waals surface area contributed by atoms with Crippen LogP contribution in [0.2, 0.25) is 0 Å². The van der Waals surface area contributed by atoms with Gasteiger partial charge in [0.1, 0.15) is 5.75 Å². The number of nitrogens with zero attached hydrogens (tertiary/aromatic N) is 3. The molecule has 0 aliphatic heterocycles. The zero-order valence-corrected chi connectivity index (χ0v) is 14.6. The number of rotatable bonds is 6. The molecule has 0 unspecified atom stereocenters. The molecule has 0 spiro atoms. The van der Waals surface area contributed by atoms with Crippen LogP contribution in [0, 0.1) is 13.8 Å². The minimum Gasteiger partial charge on any atom is -0.496 e. The first-order valence-electron chi connectivity index (χ1n) is 7.63. The number of hydrogen-bond acceptors (Lipinski definition) is 6. The van der Waals surface area contributed by atoms with Gasteiger partial charge in [0.05, 0.1) is 27.0 Å². The average Bonchev–Trinajstić information content (AvgIpc) is 3.06. The van der Waals surface area contributed by atoms with Gasteiger partial charge in [0, 0.05) is 17.8 Å². The molecule has 0 atom stereocenters. The Balaban J connectivity index is 1.88. The third-order valence-electron chi connectivity index (χ3n) is 3.53. The second-order valence-corrected chi connectivity index (χ2v) is 5.38. The van der Waals surface area contributed by atoms with E-state index in [4.69, 9.17) is 4.74 Å². The predicted octanol–water partition coefficient (Wildman–Crippen LogP) is 1.51. The second kappa shape index (κ2) is 8.13. The van der Waals surface area contributed by atoms with Gasteiger partial charge in [0.15, 0.2) is 5.69 Å². The van der Waals surface area contributed by atoms with Crippen molar-refractivity contribution in [3.63, 3.8) is 0 Å².